The van der Waals surface area contributed by atoms with Crippen LogP contribution in [-0.2, 0) is 17.1 Å². The molecule has 4 atom stereocenters. The van der Waals surface area contributed by atoms with E-state index in [0.29, 0.717) is 34.6 Å². The third-order valence-corrected chi connectivity index (χ3v) is 9.53. The van der Waals surface area contributed by atoms with Gasteiger partial charge in [0.25, 0.3) is 11.5 Å². The SMILES string of the molecule is Cc1cc([C@@H](C)Nc2ccc(Cl)nc2C(=O)NS(C)(=O)=O)c2nc(N3C[C@@H]4C(c5nnc(C)s5)[C@@H]4C3)n(C)c(=O)c2c1. The summed E-state index contributed by atoms with van der Waals surface area (Å²) in [6.07, 6.45) is 0.884. The highest BCUT2D eigenvalue weighted by molar-refractivity contribution is 7.89. The molecule has 0 spiro atoms. The molecule has 12 nitrogen and oxygen atoms in total. The number of benzene rings is 1. The van der Waals surface area contributed by atoms with Crippen molar-refractivity contribution >= 4 is 61.4 Å². The number of piperidine rings is 1. The Bertz CT molecular complexity index is 1910. The number of aryl methyl sites for hydroxylation is 2. The quantitative estimate of drug-likeness (QED) is 0.292. The van der Waals surface area contributed by atoms with Gasteiger partial charge in [-0.25, -0.2) is 23.1 Å². The number of rotatable bonds is 7. The van der Waals surface area contributed by atoms with Crippen molar-refractivity contribution in [2.75, 3.05) is 29.6 Å². The Kier molecular flexibility index (Phi) is 6.97. The fourth-order valence-electron chi connectivity index (χ4n) is 5.91. The van der Waals surface area contributed by atoms with Gasteiger partial charge in [-0.15, -0.1) is 21.5 Å². The van der Waals surface area contributed by atoms with Gasteiger partial charge in [0.2, 0.25) is 16.0 Å². The van der Waals surface area contributed by atoms with Crippen molar-refractivity contribution in [3.63, 3.8) is 0 Å². The number of nitrogens with one attached hydrogen (secondary N) is 2. The zero-order valence-electron chi connectivity index (χ0n) is 23.5. The van der Waals surface area contributed by atoms with Crippen molar-refractivity contribution < 1.29 is 13.2 Å². The summed E-state index contributed by atoms with van der Waals surface area (Å²) in [6, 6.07) is 6.40. The van der Waals surface area contributed by atoms with Gasteiger partial charge in [0.15, 0.2) is 5.69 Å². The van der Waals surface area contributed by atoms with Crippen molar-refractivity contribution in [2.24, 2.45) is 18.9 Å². The molecule has 4 aromatic rings. The molecule has 1 saturated carbocycles. The molecule has 4 heterocycles. The number of aromatic nitrogens is 5. The lowest BCUT2D eigenvalue weighted by Crippen LogP contribution is -2.32. The molecule has 1 aliphatic heterocycles. The minimum Gasteiger partial charge on any atom is -0.377 e. The predicted molar refractivity (Wildman–Crippen MR) is 162 cm³/mol. The first-order valence-corrected chi connectivity index (χ1v) is 16.4. The predicted octanol–water partition coefficient (Wildman–Crippen LogP) is 3.16. The molecule has 1 aliphatic carbocycles. The van der Waals surface area contributed by atoms with Gasteiger partial charge in [-0.05, 0) is 56.4 Å². The van der Waals surface area contributed by atoms with Gasteiger partial charge in [0.05, 0.1) is 28.9 Å². The van der Waals surface area contributed by atoms with E-state index in [9.17, 15) is 18.0 Å². The molecular formula is C27H29ClN8O4S2. The smallest absolute Gasteiger partial charge is 0.285 e. The molecule has 1 aromatic carbocycles. The fraction of sp³-hybridized carbons (Fsp3) is 0.407. The molecular weight excluding hydrogens is 600 g/mol. The Balaban J connectivity index is 1.33. The lowest BCUT2D eigenvalue weighted by Gasteiger charge is -2.24. The van der Waals surface area contributed by atoms with E-state index in [1.54, 1.807) is 29.0 Å². The van der Waals surface area contributed by atoms with E-state index in [0.717, 1.165) is 40.5 Å². The summed E-state index contributed by atoms with van der Waals surface area (Å²) in [7, 11) is -2.08. The van der Waals surface area contributed by atoms with Crippen LogP contribution < -0.4 is 20.5 Å². The fourth-order valence-corrected chi connectivity index (χ4v) is 7.44. The second kappa shape index (κ2) is 10.3. The van der Waals surface area contributed by atoms with Gasteiger partial charge in [-0.1, -0.05) is 17.7 Å². The van der Waals surface area contributed by atoms with Crippen molar-refractivity contribution in [2.45, 2.75) is 32.7 Å². The van der Waals surface area contributed by atoms with Crippen LogP contribution in [0.3, 0.4) is 0 Å². The Morgan fingerprint density at radius 3 is 2.50 bits per heavy atom. The minimum absolute atomic E-state index is 0.0369. The molecule has 2 fully saturated rings. The van der Waals surface area contributed by atoms with Gasteiger partial charge in [0.1, 0.15) is 15.2 Å². The number of sulfonamides is 1. The second-order valence-electron chi connectivity index (χ2n) is 11.0. The summed E-state index contributed by atoms with van der Waals surface area (Å²) < 4.78 is 26.9. The lowest BCUT2D eigenvalue weighted by molar-refractivity contribution is 0.0977. The molecule has 1 amide bonds. The normalized spacial score (nSPS) is 20.4. The maximum Gasteiger partial charge on any atom is 0.285 e. The number of halogens is 1. The van der Waals surface area contributed by atoms with Gasteiger partial charge in [-0.3, -0.25) is 14.2 Å². The number of nitrogens with zero attached hydrogens (tertiary/aromatic N) is 6. The summed E-state index contributed by atoms with van der Waals surface area (Å²) in [5.74, 6) is 1.02. The number of hydrogen-bond donors (Lipinski definition) is 2. The maximum absolute atomic E-state index is 13.6. The number of fused-ring (bicyclic) bond motifs is 2. The van der Waals surface area contributed by atoms with E-state index in [-0.39, 0.29) is 22.1 Å². The Morgan fingerprint density at radius 1 is 1.14 bits per heavy atom. The van der Waals surface area contributed by atoms with Crippen LogP contribution in [-0.4, -0.2) is 58.4 Å². The standard InChI is InChI=1S/C27H29ClN8O4S2/c1-12-8-15(13(2)29-19-6-7-20(28)30-23(19)24(37)34-42(5,39)40)22-16(9-12)26(38)35(4)27(31-22)36-10-17-18(11-36)21(17)25-33-32-14(3)41-25/h6-9,13,17-18,21,29H,10-11H2,1-5H3,(H,34,37)/t13-,17-,18+,21?/m1/s1. The molecule has 0 radical (unpaired) electrons. The molecule has 15 heteroatoms. The van der Waals surface area contributed by atoms with Crippen molar-refractivity contribution in [3.05, 3.63) is 66.6 Å². The molecule has 220 valence electrons. The van der Waals surface area contributed by atoms with Crippen LogP contribution >= 0.6 is 22.9 Å². The lowest BCUT2D eigenvalue weighted by atomic mass is 10.0. The van der Waals surface area contributed by atoms with Crippen LogP contribution in [0.15, 0.2) is 29.1 Å². The van der Waals surface area contributed by atoms with Gasteiger partial charge in [-0.2, -0.15) is 0 Å². The number of carbonyl (C=O) groups is 1. The van der Waals surface area contributed by atoms with Crippen molar-refractivity contribution in [1.29, 1.82) is 0 Å². The average Bonchev–Trinajstić information content (AvgIpc) is 3.20. The van der Waals surface area contributed by atoms with E-state index < -0.39 is 22.0 Å². The molecule has 1 unspecified atom stereocenters. The zero-order chi connectivity index (χ0) is 30.1. The zero-order valence-corrected chi connectivity index (χ0v) is 25.9. The first kappa shape index (κ1) is 28.5. The summed E-state index contributed by atoms with van der Waals surface area (Å²) in [5, 5.41) is 14.3. The van der Waals surface area contributed by atoms with Crippen molar-refractivity contribution in [1.82, 2.24) is 29.5 Å². The highest BCUT2D eigenvalue weighted by Gasteiger charge is 2.58. The Hall–Kier alpha value is -3.62. The molecule has 2 N–H and O–H groups in total. The third-order valence-electron chi connectivity index (χ3n) is 7.83. The number of carbonyl (C=O) groups excluding carboxylic acids is 1. The molecule has 3 aromatic heterocycles. The topological polar surface area (TPSA) is 152 Å². The van der Waals surface area contributed by atoms with Crippen LogP contribution in [0.4, 0.5) is 11.6 Å². The molecule has 2 aliphatic rings. The van der Waals surface area contributed by atoms with E-state index in [2.05, 4.69) is 25.4 Å². The molecule has 1 saturated heterocycles. The second-order valence-corrected chi connectivity index (χ2v) is 14.4. The van der Waals surface area contributed by atoms with Crippen LogP contribution in [0.2, 0.25) is 5.15 Å². The van der Waals surface area contributed by atoms with E-state index in [4.69, 9.17) is 16.6 Å². The maximum atomic E-state index is 13.6. The Labute approximate surface area is 251 Å². The highest BCUT2D eigenvalue weighted by Crippen LogP contribution is 2.59. The van der Waals surface area contributed by atoms with E-state index in [1.165, 1.54) is 6.07 Å². The van der Waals surface area contributed by atoms with Crippen LogP contribution in [0, 0.1) is 25.7 Å². The van der Waals surface area contributed by atoms with Gasteiger partial charge >= 0.3 is 0 Å². The number of pyridine rings is 1. The monoisotopic (exact) mass is 628 g/mol. The van der Waals surface area contributed by atoms with E-state index in [1.807, 2.05) is 37.6 Å². The average molecular weight is 629 g/mol. The minimum atomic E-state index is -3.83. The van der Waals surface area contributed by atoms with Gasteiger partial charge in [0, 0.05) is 31.6 Å². The van der Waals surface area contributed by atoms with Gasteiger partial charge < -0.3 is 10.2 Å². The number of amides is 1. The summed E-state index contributed by atoms with van der Waals surface area (Å²) >= 11 is 7.68. The van der Waals surface area contributed by atoms with Crippen LogP contribution in [0.5, 0.6) is 0 Å². The molecule has 0 bridgehead atoms. The summed E-state index contributed by atoms with van der Waals surface area (Å²) in [4.78, 5) is 37.6. The van der Waals surface area contributed by atoms with E-state index >= 15 is 0 Å². The molecule has 42 heavy (non-hydrogen) atoms. The summed E-state index contributed by atoms with van der Waals surface area (Å²) in [5.41, 5.74) is 2.15. The van der Waals surface area contributed by atoms with Crippen LogP contribution in [0.1, 0.15) is 50.5 Å². The highest BCUT2D eigenvalue weighted by atomic mass is 35.5. The number of hydrogen-bond acceptors (Lipinski definition) is 11. The first-order valence-electron chi connectivity index (χ1n) is 13.3. The Morgan fingerprint density at radius 2 is 1.86 bits per heavy atom. The van der Waals surface area contributed by atoms with Crippen LogP contribution in [0.25, 0.3) is 10.9 Å². The first-order chi connectivity index (χ1) is 19.8. The largest absolute Gasteiger partial charge is 0.377 e. The third kappa shape index (κ3) is 5.22. The van der Waals surface area contributed by atoms with Crippen molar-refractivity contribution in [3.8, 4) is 0 Å². The molecule has 6 rings (SSSR count). The number of anilines is 2. The summed E-state index contributed by atoms with van der Waals surface area (Å²) in [6.45, 7) is 7.30.